The van der Waals surface area contributed by atoms with Crippen LogP contribution in [0.15, 0.2) is 29.3 Å². The number of aliphatic imine (C=N–C) groups is 1. The number of nitrogens with zero attached hydrogens (tertiary/aromatic N) is 1. The smallest absolute Gasteiger partial charge is 0.353 e. The fourth-order valence-electron chi connectivity index (χ4n) is 2.25. The lowest BCUT2D eigenvalue weighted by atomic mass is 10.0. The van der Waals surface area contributed by atoms with Crippen LogP contribution in [0.4, 0.5) is 13.2 Å². The number of nitrogens with one attached hydrogen (secondary N) is 1. The molecule has 5 heteroatoms. The average Bonchev–Trinajstić information content (AvgIpc) is 2.65. The van der Waals surface area contributed by atoms with Gasteiger partial charge in [-0.2, -0.15) is 13.2 Å². The molecule has 17 heavy (non-hydrogen) atoms. The number of hydrogen-bond acceptors (Lipinski definition) is 1. The third-order valence-electron chi connectivity index (χ3n) is 2.95. The van der Waals surface area contributed by atoms with Gasteiger partial charge < -0.3 is 4.98 Å². The van der Waals surface area contributed by atoms with Gasteiger partial charge in [-0.25, -0.2) is 0 Å². The van der Waals surface area contributed by atoms with Crippen molar-refractivity contribution >= 4 is 16.6 Å². The summed E-state index contributed by atoms with van der Waals surface area (Å²) >= 11 is 0. The highest BCUT2D eigenvalue weighted by molar-refractivity contribution is 6.09. The van der Waals surface area contributed by atoms with Crippen LogP contribution in [0, 0.1) is 0 Å². The zero-order valence-corrected chi connectivity index (χ0v) is 8.80. The van der Waals surface area contributed by atoms with Crippen molar-refractivity contribution in [2.24, 2.45) is 4.99 Å². The van der Waals surface area contributed by atoms with Crippen LogP contribution in [0.3, 0.4) is 0 Å². The lowest BCUT2D eigenvalue weighted by Crippen LogP contribution is -2.28. The van der Waals surface area contributed by atoms with Crippen molar-refractivity contribution in [1.82, 2.24) is 4.98 Å². The van der Waals surface area contributed by atoms with E-state index in [1.807, 2.05) is 12.1 Å². The summed E-state index contributed by atoms with van der Waals surface area (Å²) < 4.78 is 38.4. The van der Waals surface area contributed by atoms with Crippen LogP contribution >= 0.6 is 0 Å². The number of hydrogen-bond donors (Lipinski definition) is 1. The van der Waals surface area contributed by atoms with Crippen molar-refractivity contribution in [3.63, 3.8) is 0 Å². The normalized spacial score (nSPS) is 15.8. The van der Waals surface area contributed by atoms with Crippen molar-refractivity contribution < 1.29 is 13.2 Å². The van der Waals surface area contributed by atoms with Crippen LogP contribution in [0.2, 0.25) is 0 Å². The van der Waals surface area contributed by atoms with Gasteiger partial charge in [-0.3, -0.25) is 4.99 Å². The summed E-state index contributed by atoms with van der Waals surface area (Å²) in [5.41, 5.74) is 0.805. The zero-order valence-electron chi connectivity index (χ0n) is 8.80. The maximum atomic E-state index is 12.8. The van der Waals surface area contributed by atoms with Crippen LogP contribution in [0.5, 0.6) is 0 Å². The predicted molar refractivity (Wildman–Crippen MR) is 59.5 cm³/mol. The number of rotatable bonds is 0. The molecule has 0 spiro atoms. The highest BCUT2D eigenvalue weighted by atomic mass is 19.4. The van der Waals surface area contributed by atoms with Gasteiger partial charge in [-0.1, -0.05) is 18.2 Å². The van der Waals surface area contributed by atoms with Crippen LogP contribution in [-0.4, -0.2) is 23.4 Å². The number of halogens is 3. The van der Waals surface area contributed by atoms with Gasteiger partial charge >= 0.3 is 6.18 Å². The second-order valence-electron chi connectivity index (χ2n) is 4.00. The summed E-state index contributed by atoms with van der Waals surface area (Å²) in [4.78, 5) is 6.42. The van der Waals surface area contributed by atoms with Gasteiger partial charge in [0.2, 0.25) is 0 Å². The molecule has 2 aromatic rings. The van der Waals surface area contributed by atoms with Gasteiger partial charge in [0.1, 0.15) is 0 Å². The van der Waals surface area contributed by atoms with Crippen LogP contribution in [-0.2, 0) is 6.42 Å². The van der Waals surface area contributed by atoms with Gasteiger partial charge in [0.15, 0.2) is 5.71 Å². The first kappa shape index (κ1) is 10.4. The van der Waals surface area contributed by atoms with E-state index in [0.717, 1.165) is 16.5 Å². The molecule has 0 saturated carbocycles. The molecule has 2 heterocycles. The minimum absolute atomic E-state index is 0.130. The Morgan fingerprint density at radius 1 is 1.18 bits per heavy atom. The van der Waals surface area contributed by atoms with Gasteiger partial charge in [0, 0.05) is 17.4 Å². The Balaban J connectivity index is 2.27. The average molecular weight is 238 g/mol. The molecule has 3 rings (SSSR count). The van der Waals surface area contributed by atoms with Crippen molar-refractivity contribution in [2.45, 2.75) is 12.6 Å². The molecule has 0 fully saturated rings. The van der Waals surface area contributed by atoms with E-state index in [0.29, 0.717) is 6.42 Å². The second-order valence-corrected chi connectivity index (χ2v) is 4.00. The summed E-state index contributed by atoms with van der Waals surface area (Å²) in [5, 5.41) is 0.860. The number of H-pyrrole nitrogens is 1. The standard InChI is InChI=1S/C12H9F3N2/c13-12(14,15)11-10-8(5-6-16-11)7-3-1-2-4-9(7)17-10/h1-4,17H,5-6H2. The van der Waals surface area contributed by atoms with E-state index in [1.165, 1.54) is 0 Å². The highest BCUT2D eigenvalue weighted by Gasteiger charge is 2.40. The van der Waals surface area contributed by atoms with E-state index in [2.05, 4.69) is 9.98 Å². The summed E-state index contributed by atoms with van der Waals surface area (Å²) in [6.07, 6.45) is -3.84. The molecule has 1 N–H and O–H groups in total. The lowest BCUT2D eigenvalue weighted by Gasteiger charge is -2.15. The fourth-order valence-corrected chi connectivity index (χ4v) is 2.25. The third-order valence-corrected chi connectivity index (χ3v) is 2.95. The van der Waals surface area contributed by atoms with E-state index in [9.17, 15) is 13.2 Å². The summed E-state index contributed by atoms with van der Waals surface area (Å²) in [6, 6.07) is 7.25. The Morgan fingerprint density at radius 3 is 2.71 bits per heavy atom. The first-order chi connectivity index (χ1) is 8.07. The number of aromatic amines is 1. The lowest BCUT2D eigenvalue weighted by molar-refractivity contribution is -0.0585. The van der Waals surface area contributed by atoms with E-state index in [1.54, 1.807) is 12.1 Å². The summed E-state index contributed by atoms with van der Waals surface area (Å²) in [5.74, 6) is 0. The van der Waals surface area contributed by atoms with Crippen molar-refractivity contribution in [2.75, 3.05) is 6.54 Å². The van der Waals surface area contributed by atoms with Gasteiger partial charge in [-0.15, -0.1) is 0 Å². The first-order valence-corrected chi connectivity index (χ1v) is 5.29. The van der Waals surface area contributed by atoms with Crippen LogP contribution in [0.25, 0.3) is 10.9 Å². The molecule has 88 valence electrons. The fraction of sp³-hybridized carbons (Fsp3) is 0.250. The molecular weight excluding hydrogens is 229 g/mol. The van der Waals surface area contributed by atoms with E-state index in [-0.39, 0.29) is 12.2 Å². The largest absolute Gasteiger partial charge is 0.435 e. The minimum atomic E-state index is -4.39. The Labute approximate surface area is 95.2 Å². The number of para-hydroxylation sites is 1. The molecule has 0 saturated heterocycles. The molecule has 0 unspecified atom stereocenters. The molecule has 0 amide bonds. The van der Waals surface area contributed by atoms with Gasteiger partial charge in [0.05, 0.1) is 5.69 Å². The topological polar surface area (TPSA) is 28.1 Å². The molecule has 1 aromatic heterocycles. The molecule has 2 nitrogen and oxygen atoms in total. The minimum Gasteiger partial charge on any atom is -0.353 e. The molecule has 1 aliphatic heterocycles. The van der Waals surface area contributed by atoms with Crippen LogP contribution < -0.4 is 0 Å². The number of benzene rings is 1. The molecule has 0 bridgehead atoms. The Kier molecular flexibility index (Phi) is 2.05. The summed E-state index contributed by atoms with van der Waals surface area (Å²) in [6.45, 7) is 0.198. The van der Waals surface area contributed by atoms with E-state index >= 15 is 0 Å². The monoisotopic (exact) mass is 238 g/mol. The van der Waals surface area contributed by atoms with E-state index < -0.39 is 11.9 Å². The molecule has 0 atom stereocenters. The number of fused-ring (bicyclic) bond motifs is 3. The third kappa shape index (κ3) is 1.53. The summed E-state index contributed by atoms with van der Waals surface area (Å²) in [7, 11) is 0. The van der Waals surface area contributed by atoms with E-state index in [4.69, 9.17) is 0 Å². The SMILES string of the molecule is FC(F)(F)C1=NCCc2c1[nH]c1ccccc21. The Morgan fingerprint density at radius 2 is 1.94 bits per heavy atom. The number of aromatic nitrogens is 1. The zero-order chi connectivity index (χ0) is 12.0. The van der Waals surface area contributed by atoms with Gasteiger partial charge in [-0.05, 0) is 18.1 Å². The maximum Gasteiger partial charge on any atom is 0.435 e. The molecule has 0 aliphatic carbocycles. The van der Waals surface area contributed by atoms with Crippen molar-refractivity contribution in [3.8, 4) is 0 Å². The van der Waals surface area contributed by atoms with Crippen molar-refractivity contribution in [1.29, 1.82) is 0 Å². The van der Waals surface area contributed by atoms with Crippen LogP contribution in [0.1, 0.15) is 11.3 Å². The maximum absolute atomic E-state index is 12.8. The molecule has 1 aromatic carbocycles. The molecular formula is C12H9F3N2. The number of alkyl halides is 3. The first-order valence-electron chi connectivity index (χ1n) is 5.29. The Hall–Kier alpha value is -1.78. The highest BCUT2D eigenvalue weighted by Crippen LogP contribution is 2.31. The second kappa shape index (κ2) is 3.35. The molecule has 0 radical (unpaired) electrons. The molecule has 1 aliphatic rings. The predicted octanol–water partition coefficient (Wildman–Crippen LogP) is 3.08. The Bertz CT molecular complexity index is 608. The van der Waals surface area contributed by atoms with Gasteiger partial charge in [0.25, 0.3) is 0 Å². The quantitative estimate of drug-likeness (QED) is 0.730. The van der Waals surface area contributed by atoms with Crippen molar-refractivity contribution in [3.05, 3.63) is 35.5 Å².